The van der Waals surface area contributed by atoms with Crippen LogP contribution in [0.25, 0.3) is 0 Å². The molecule has 110 valence electrons. The number of ether oxygens (including phenoxy) is 2. The van der Waals surface area contributed by atoms with Crippen LogP contribution >= 0.6 is 0 Å². The maximum Gasteiger partial charge on any atom is 0.344 e. The minimum atomic E-state index is -0.412. The molecule has 0 aromatic heterocycles. The Labute approximate surface area is 119 Å². The van der Waals surface area contributed by atoms with E-state index in [-0.39, 0.29) is 12.5 Å². The van der Waals surface area contributed by atoms with E-state index >= 15 is 0 Å². The van der Waals surface area contributed by atoms with Gasteiger partial charge < -0.3 is 14.8 Å². The Bertz CT molecular complexity index is 445. The van der Waals surface area contributed by atoms with Crippen LogP contribution in [0.15, 0.2) is 24.3 Å². The average Bonchev–Trinajstić information content (AvgIpc) is 2.44. The number of carbonyl (C=O) groups is 2. The molecule has 5 heteroatoms. The fraction of sp³-hybridized carbons (Fsp3) is 0.467. The first-order valence-electron chi connectivity index (χ1n) is 6.84. The maximum atomic E-state index is 11.6. The first kappa shape index (κ1) is 16.0. The molecule has 0 saturated heterocycles. The van der Waals surface area contributed by atoms with Gasteiger partial charge in [0.05, 0.1) is 6.61 Å². The number of carbonyl (C=O) groups excluding carboxylic acids is 2. The zero-order valence-electron chi connectivity index (χ0n) is 12.0. The number of hydrogen-bond acceptors (Lipinski definition) is 4. The van der Waals surface area contributed by atoms with Crippen LogP contribution in [0.1, 0.15) is 33.1 Å². The van der Waals surface area contributed by atoms with Gasteiger partial charge in [-0.2, -0.15) is 0 Å². The molecular formula is C15H21NO4. The summed E-state index contributed by atoms with van der Waals surface area (Å²) in [5.74, 6) is 0.0885. The summed E-state index contributed by atoms with van der Waals surface area (Å²) in [5, 5.41) is 2.79. The SMILES string of the molecule is CCCCC(=O)Nc1cccc(OCC(=O)OCC)c1. The fourth-order valence-corrected chi connectivity index (χ4v) is 1.57. The van der Waals surface area contributed by atoms with Gasteiger partial charge in [-0.3, -0.25) is 4.79 Å². The Kier molecular flexibility index (Phi) is 7.17. The lowest BCUT2D eigenvalue weighted by Crippen LogP contribution is -2.15. The smallest absolute Gasteiger partial charge is 0.344 e. The number of rotatable bonds is 8. The highest BCUT2D eigenvalue weighted by Gasteiger charge is 2.05. The van der Waals surface area contributed by atoms with Crippen LogP contribution in [-0.2, 0) is 14.3 Å². The summed E-state index contributed by atoms with van der Waals surface area (Å²) in [6, 6.07) is 6.95. The van der Waals surface area contributed by atoms with Crippen LogP contribution in [0.5, 0.6) is 5.75 Å². The van der Waals surface area contributed by atoms with Crippen molar-refractivity contribution >= 4 is 17.6 Å². The van der Waals surface area contributed by atoms with E-state index in [1.807, 2.05) is 6.92 Å². The quantitative estimate of drug-likeness (QED) is 0.743. The largest absolute Gasteiger partial charge is 0.482 e. The van der Waals surface area contributed by atoms with E-state index in [1.165, 1.54) is 0 Å². The molecule has 0 fully saturated rings. The minimum absolute atomic E-state index is 0.0191. The second-order valence-electron chi connectivity index (χ2n) is 4.27. The number of hydrogen-bond donors (Lipinski definition) is 1. The van der Waals surface area contributed by atoms with Gasteiger partial charge in [-0.05, 0) is 25.5 Å². The van der Waals surface area contributed by atoms with Gasteiger partial charge in [0, 0.05) is 18.2 Å². The van der Waals surface area contributed by atoms with Crippen LogP contribution in [-0.4, -0.2) is 25.1 Å². The molecule has 0 heterocycles. The summed E-state index contributed by atoms with van der Waals surface area (Å²) in [6.07, 6.45) is 2.35. The molecule has 1 amide bonds. The third-order valence-corrected chi connectivity index (χ3v) is 2.54. The van der Waals surface area contributed by atoms with E-state index in [0.29, 0.717) is 24.5 Å². The van der Waals surface area contributed by atoms with Crippen LogP contribution in [0.2, 0.25) is 0 Å². The van der Waals surface area contributed by atoms with E-state index in [9.17, 15) is 9.59 Å². The lowest BCUT2D eigenvalue weighted by molar-refractivity contribution is -0.145. The summed E-state index contributed by atoms with van der Waals surface area (Å²) in [4.78, 5) is 22.8. The first-order valence-corrected chi connectivity index (χ1v) is 6.84. The number of unbranched alkanes of at least 4 members (excludes halogenated alkanes) is 1. The molecular weight excluding hydrogens is 258 g/mol. The molecule has 0 aliphatic heterocycles. The van der Waals surface area contributed by atoms with Crippen molar-refractivity contribution in [3.63, 3.8) is 0 Å². The normalized spacial score (nSPS) is 9.90. The number of esters is 1. The fourth-order valence-electron chi connectivity index (χ4n) is 1.57. The molecule has 0 saturated carbocycles. The van der Waals surface area contributed by atoms with E-state index in [0.717, 1.165) is 12.8 Å². The van der Waals surface area contributed by atoms with Crippen LogP contribution < -0.4 is 10.1 Å². The standard InChI is InChI=1S/C15H21NO4/c1-3-5-9-14(17)16-12-7-6-8-13(10-12)20-11-15(18)19-4-2/h6-8,10H,3-5,9,11H2,1-2H3,(H,16,17). The van der Waals surface area contributed by atoms with Crippen molar-refractivity contribution in [2.75, 3.05) is 18.5 Å². The Balaban J connectivity index is 2.48. The molecule has 0 spiro atoms. The number of amides is 1. The summed E-state index contributed by atoms with van der Waals surface area (Å²) in [6.45, 7) is 3.97. The van der Waals surface area contributed by atoms with Crippen LogP contribution in [0.4, 0.5) is 5.69 Å². The van der Waals surface area contributed by atoms with Crippen molar-refractivity contribution in [3.8, 4) is 5.75 Å². The first-order chi connectivity index (χ1) is 9.65. The van der Waals surface area contributed by atoms with Crippen molar-refractivity contribution in [1.82, 2.24) is 0 Å². The lowest BCUT2D eigenvalue weighted by atomic mass is 10.2. The van der Waals surface area contributed by atoms with E-state index in [2.05, 4.69) is 5.32 Å². The second kappa shape index (κ2) is 8.96. The molecule has 1 aromatic rings. The molecule has 0 aliphatic rings. The van der Waals surface area contributed by atoms with Gasteiger partial charge >= 0.3 is 5.97 Å². The van der Waals surface area contributed by atoms with Gasteiger partial charge in [-0.15, -0.1) is 0 Å². The van der Waals surface area contributed by atoms with E-state index < -0.39 is 5.97 Å². The molecule has 0 radical (unpaired) electrons. The average molecular weight is 279 g/mol. The minimum Gasteiger partial charge on any atom is -0.482 e. The molecule has 1 N–H and O–H groups in total. The Morgan fingerprint density at radius 2 is 2.05 bits per heavy atom. The van der Waals surface area contributed by atoms with Crippen molar-refractivity contribution in [1.29, 1.82) is 0 Å². The van der Waals surface area contributed by atoms with Crippen LogP contribution in [0.3, 0.4) is 0 Å². The molecule has 1 aromatic carbocycles. The van der Waals surface area contributed by atoms with Gasteiger partial charge in [0.25, 0.3) is 0 Å². The van der Waals surface area contributed by atoms with Gasteiger partial charge in [-0.25, -0.2) is 4.79 Å². The van der Waals surface area contributed by atoms with Gasteiger partial charge in [0.15, 0.2) is 6.61 Å². The summed E-state index contributed by atoms with van der Waals surface area (Å²) >= 11 is 0. The number of benzene rings is 1. The topological polar surface area (TPSA) is 64.6 Å². The Morgan fingerprint density at radius 3 is 2.75 bits per heavy atom. The van der Waals surface area contributed by atoms with Gasteiger partial charge in [-0.1, -0.05) is 19.4 Å². The highest BCUT2D eigenvalue weighted by molar-refractivity contribution is 5.90. The molecule has 20 heavy (non-hydrogen) atoms. The van der Waals surface area contributed by atoms with Crippen molar-refractivity contribution in [2.45, 2.75) is 33.1 Å². The second-order valence-corrected chi connectivity index (χ2v) is 4.27. The maximum absolute atomic E-state index is 11.6. The van der Waals surface area contributed by atoms with Gasteiger partial charge in [0.1, 0.15) is 5.75 Å². The molecule has 0 unspecified atom stereocenters. The van der Waals surface area contributed by atoms with E-state index in [1.54, 1.807) is 31.2 Å². The molecule has 0 aliphatic carbocycles. The Morgan fingerprint density at radius 1 is 1.25 bits per heavy atom. The predicted molar refractivity (Wildman–Crippen MR) is 76.7 cm³/mol. The van der Waals surface area contributed by atoms with Crippen molar-refractivity contribution in [3.05, 3.63) is 24.3 Å². The monoisotopic (exact) mass is 279 g/mol. The highest BCUT2D eigenvalue weighted by Crippen LogP contribution is 2.17. The number of nitrogens with one attached hydrogen (secondary N) is 1. The summed E-state index contributed by atoms with van der Waals surface area (Å²) in [5.41, 5.74) is 0.660. The Hall–Kier alpha value is -2.04. The van der Waals surface area contributed by atoms with Crippen molar-refractivity contribution < 1.29 is 19.1 Å². The number of anilines is 1. The van der Waals surface area contributed by atoms with Crippen molar-refractivity contribution in [2.24, 2.45) is 0 Å². The molecule has 1 rings (SSSR count). The van der Waals surface area contributed by atoms with Crippen LogP contribution in [0, 0.1) is 0 Å². The lowest BCUT2D eigenvalue weighted by Gasteiger charge is -2.08. The third-order valence-electron chi connectivity index (χ3n) is 2.54. The third kappa shape index (κ3) is 6.22. The van der Waals surface area contributed by atoms with Gasteiger partial charge in [0.2, 0.25) is 5.91 Å². The van der Waals surface area contributed by atoms with E-state index in [4.69, 9.17) is 9.47 Å². The molecule has 0 atom stereocenters. The summed E-state index contributed by atoms with van der Waals surface area (Å²) < 4.78 is 10.1. The zero-order chi connectivity index (χ0) is 14.8. The molecule has 5 nitrogen and oxygen atoms in total. The summed E-state index contributed by atoms with van der Waals surface area (Å²) in [7, 11) is 0. The predicted octanol–water partition coefficient (Wildman–Crippen LogP) is 2.76. The molecule has 0 bridgehead atoms. The highest BCUT2D eigenvalue weighted by atomic mass is 16.6. The zero-order valence-corrected chi connectivity index (χ0v) is 12.0.